The Labute approximate surface area is 298 Å². The Bertz CT molecular complexity index is 3170. The van der Waals surface area contributed by atoms with E-state index in [1.807, 2.05) is 18.2 Å². The smallest absolute Gasteiger partial charge is 0.246 e. The second kappa shape index (κ2) is 11.2. The largest absolute Gasteiger partial charge is 0.436 e. The van der Waals surface area contributed by atoms with Crippen molar-refractivity contribution in [1.29, 1.82) is 0 Å². The van der Waals surface area contributed by atoms with Gasteiger partial charge < -0.3 is 8.98 Å². The lowest BCUT2D eigenvalue weighted by Gasteiger charge is -2.12. The van der Waals surface area contributed by atoms with Gasteiger partial charge in [0.15, 0.2) is 0 Å². The second-order valence-electron chi connectivity index (χ2n) is 13.4. The molecule has 52 heavy (non-hydrogen) atoms. The monoisotopic (exact) mass is 663 g/mol. The molecule has 242 valence electrons. The first kappa shape index (κ1) is 28.8. The summed E-state index contributed by atoms with van der Waals surface area (Å²) in [6, 6.07) is 62.2. The highest BCUT2D eigenvalue weighted by atomic mass is 16.3. The van der Waals surface area contributed by atoms with Gasteiger partial charge in [-0.2, -0.15) is 0 Å². The van der Waals surface area contributed by atoms with Gasteiger partial charge in [-0.05, 0) is 81.2 Å². The third kappa shape index (κ3) is 4.48. The Kier molecular flexibility index (Phi) is 6.22. The van der Waals surface area contributed by atoms with Crippen molar-refractivity contribution in [3.63, 3.8) is 0 Å². The number of rotatable bonds is 4. The number of hydrogen-bond donors (Lipinski definition) is 0. The van der Waals surface area contributed by atoms with Crippen LogP contribution in [-0.4, -0.2) is 14.5 Å². The van der Waals surface area contributed by atoms with Gasteiger partial charge in [-0.15, -0.1) is 0 Å². The fourth-order valence-corrected chi connectivity index (χ4v) is 7.82. The van der Waals surface area contributed by atoms with Crippen LogP contribution in [0.15, 0.2) is 180 Å². The van der Waals surface area contributed by atoms with Crippen LogP contribution < -0.4 is 0 Å². The topological polar surface area (TPSA) is 43.9 Å². The quantitative estimate of drug-likeness (QED) is 0.188. The van der Waals surface area contributed by atoms with Crippen molar-refractivity contribution in [2.45, 2.75) is 0 Å². The van der Waals surface area contributed by atoms with E-state index >= 15 is 0 Å². The minimum absolute atomic E-state index is 0.530. The van der Waals surface area contributed by atoms with Crippen molar-refractivity contribution in [1.82, 2.24) is 14.5 Å². The van der Waals surface area contributed by atoms with E-state index in [1.165, 1.54) is 43.4 Å². The fourth-order valence-electron chi connectivity index (χ4n) is 7.82. The first-order chi connectivity index (χ1) is 25.7. The number of furan rings is 1. The minimum atomic E-state index is 0.530. The van der Waals surface area contributed by atoms with Crippen molar-refractivity contribution in [3.05, 3.63) is 176 Å². The number of nitrogens with zero attached hydrogens (tertiary/aromatic N) is 3. The Hall–Kier alpha value is -7.04. The van der Waals surface area contributed by atoms with Gasteiger partial charge in [-0.25, -0.2) is 9.97 Å². The molecule has 4 heteroatoms. The van der Waals surface area contributed by atoms with Gasteiger partial charge in [0.1, 0.15) is 16.8 Å². The van der Waals surface area contributed by atoms with Crippen LogP contribution >= 0.6 is 0 Å². The Balaban J connectivity index is 1.06. The number of para-hydroxylation sites is 1. The number of benzene rings is 8. The van der Waals surface area contributed by atoms with Crippen molar-refractivity contribution in [3.8, 4) is 39.3 Å². The normalized spacial score (nSPS) is 11.8. The Morgan fingerprint density at radius 3 is 1.83 bits per heavy atom. The van der Waals surface area contributed by atoms with E-state index in [2.05, 4.69) is 162 Å². The molecule has 11 rings (SSSR count). The van der Waals surface area contributed by atoms with E-state index < -0.39 is 0 Å². The van der Waals surface area contributed by atoms with Crippen molar-refractivity contribution < 1.29 is 4.42 Å². The van der Waals surface area contributed by atoms with Crippen molar-refractivity contribution in [2.75, 3.05) is 0 Å². The molecular formula is C48H29N3O. The van der Waals surface area contributed by atoms with Crippen LogP contribution in [0.2, 0.25) is 0 Å². The molecule has 0 unspecified atom stereocenters. The van der Waals surface area contributed by atoms with Crippen molar-refractivity contribution >= 4 is 65.6 Å². The molecular weight excluding hydrogens is 635 g/mol. The van der Waals surface area contributed by atoms with Crippen LogP contribution in [0.4, 0.5) is 0 Å². The number of aromatic nitrogens is 3. The minimum Gasteiger partial charge on any atom is -0.436 e. The summed E-state index contributed by atoms with van der Waals surface area (Å²) < 4.78 is 8.82. The lowest BCUT2D eigenvalue weighted by molar-refractivity contribution is 0.654. The maximum absolute atomic E-state index is 6.46. The van der Waals surface area contributed by atoms with Gasteiger partial charge in [0.05, 0.1) is 16.7 Å². The highest BCUT2D eigenvalue weighted by Gasteiger charge is 2.19. The first-order valence-corrected chi connectivity index (χ1v) is 17.6. The molecule has 0 atom stereocenters. The van der Waals surface area contributed by atoms with Gasteiger partial charge in [0.25, 0.3) is 0 Å². The highest BCUT2D eigenvalue weighted by molar-refractivity contribution is 6.13. The van der Waals surface area contributed by atoms with Gasteiger partial charge in [-0.3, -0.25) is 0 Å². The van der Waals surface area contributed by atoms with Crippen LogP contribution in [0, 0.1) is 0 Å². The zero-order valence-electron chi connectivity index (χ0n) is 28.0. The summed E-state index contributed by atoms with van der Waals surface area (Å²) in [5, 5.41) is 8.34. The number of fused-ring (bicyclic) bond motifs is 8. The van der Waals surface area contributed by atoms with Gasteiger partial charge in [0, 0.05) is 33.0 Å². The second-order valence-corrected chi connectivity index (χ2v) is 13.4. The predicted molar refractivity (Wildman–Crippen MR) is 215 cm³/mol. The van der Waals surface area contributed by atoms with Crippen LogP contribution in [-0.2, 0) is 0 Å². The SMILES string of the molecule is c1ccc(-c2nc3oc4cc(-c5ccc6ccccc6c5)ccc4c3nc2-c2ccc(-n3c4ccccc4c4cc5ccccc5cc43)cc2)cc1. The average molecular weight is 664 g/mol. The summed E-state index contributed by atoms with van der Waals surface area (Å²) in [5.74, 6) is 0. The van der Waals surface area contributed by atoms with E-state index in [4.69, 9.17) is 14.4 Å². The lowest BCUT2D eigenvalue weighted by atomic mass is 10.0. The molecule has 0 amide bonds. The van der Waals surface area contributed by atoms with E-state index in [1.54, 1.807) is 0 Å². The van der Waals surface area contributed by atoms with Crippen LogP contribution in [0.25, 0.3) is 105 Å². The summed E-state index contributed by atoms with van der Waals surface area (Å²) in [6.45, 7) is 0. The molecule has 0 aliphatic carbocycles. The Morgan fingerprint density at radius 2 is 1.00 bits per heavy atom. The fraction of sp³-hybridized carbons (Fsp3) is 0. The van der Waals surface area contributed by atoms with E-state index in [0.717, 1.165) is 55.8 Å². The lowest BCUT2D eigenvalue weighted by Crippen LogP contribution is -1.96. The summed E-state index contributed by atoms with van der Waals surface area (Å²) in [4.78, 5) is 10.5. The van der Waals surface area contributed by atoms with Crippen LogP contribution in [0.3, 0.4) is 0 Å². The third-order valence-corrected chi connectivity index (χ3v) is 10.4. The molecule has 8 aromatic carbocycles. The molecule has 11 aromatic rings. The molecule has 0 aliphatic heterocycles. The first-order valence-electron chi connectivity index (χ1n) is 17.6. The zero-order valence-corrected chi connectivity index (χ0v) is 28.0. The maximum Gasteiger partial charge on any atom is 0.246 e. The molecule has 0 aliphatic rings. The predicted octanol–water partition coefficient (Wildman–Crippen LogP) is 12.8. The summed E-state index contributed by atoms with van der Waals surface area (Å²) in [5.41, 5.74) is 11.3. The summed E-state index contributed by atoms with van der Waals surface area (Å²) >= 11 is 0. The third-order valence-electron chi connectivity index (χ3n) is 10.4. The standard InChI is InChI=1S/C48H29N3O/c1-2-11-31(12-3-1)46-45(49-47-40-25-22-37(29-44(40)52-48(47)50-46)36-19-18-30-10-4-5-13-33(30)26-36)32-20-23-38(24-21-32)51-42-17-9-8-16-39(42)41-27-34-14-6-7-15-35(34)28-43(41)51/h1-29H. The van der Waals surface area contributed by atoms with E-state index in [0.29, 0.717) is 5.71 Å². The van der Waals surface area contributed by atoms with Gasteiger partial charge >= 0.3 is 0 Å². The van der Waals surface area contributed by atoms with Gasteiger partial charge in [0.2, 0.25) is 5.71 Å². The molecule has 0 bridgehead atoms. The molecule has 0 fully saturated rings. The summed E-state index contributed by atoms with van der Waals surface area (Å²) in [7, 11) is 0. The molecule has 0 radical (unpaired) electrons. The van der Waals surface area contributed by atoms with E-state index in [-0.39, 0.29) is 0 Å². The molecule has 3 aromatic heterocycles. The van der Waals surface area contributed by atoms with Crippen LogP contribution in [0.5, 0.6) is 0 Å². The molecule has 0 saturated carbocycles. The maximum atomic E-state index is 6.46. The number of hydrogen-bond acceptors (Lipinski definition) is 3. The average Bonchev–Trinajstić information content (AvgIpc) is 3.73. The van der Waals surface area contributed by atoms with Crippen molar-refractivity contribution in [2.24, 2.45) is 0 Å². The molecule has 0 N–H and O–H groups in total. The molecule has 4 nitrogen and oxygen atoms in total. The Morgan fingerprint density at radius 1 is 0.385 bits per heavy atom. The zero-order chi connectivity index (χ0) is 34.2. The molecule has 0 spiro atoms. The highest BCUT2D eigenvalue weighted by Crippen LogP contribution is 2.38. The van der Waals surface area contributed by atoms with Gasteiger partial charge in [-0.1, -0.05) is 127 Å². The molecule has 0 saturated heterocycles. The van der Waals surface area contributed by atoms with Crippen LogP contribution in [0.1, 0.15) is 0 Å². The summed E-state index contributed by atoms with van der Waals surface area (Å²) in [6.07, 6.45) is 0. The van der Waals surface area contributed by atoms with E-state index in [9.17, 15) is 0 Å². The molecule has 3 heterocycles.